The van der Waals surface area contributed by atoms with Gasteiger partial charge in [0.1, 0.15) is 5.75 Å². The van der Waals surface area contributed by atoms with E-state index in [1.165, 1.54) is 11.1 Å². The van der Waals surface area contributed by atoms with E-state index in [9.17, 15) is 8.78 Å². The lowest BCUT2D eigenvalue weighted by molar-refractivity contribution is -0.0495. The predicted octanol–water partition coefficient (Wildman–Crippen LogP) is 2.98. The number of pyridine rings is 1. The molecule has 3 rings (SSSR count). The summed E-state index contributed by atoms with van der Waals surface area (Å²) >= 11 is 0. The van der Waals surface area contributed by atoms with Crippen molar-refractivity contribution in [1.29, 1.82) is 0 Å². The summed E-state index contributed by atoms with van der Waals surface area (Å²) in [5.41, 5.74) is 3.12. The van der Waals surface area contributed by atoms with Gasteiger partial charge in [-0.3, -0.25) is 9.98 Å². The number of hydrogen-bond acceptors (Lipinski definition) is 4. The molecule has 0 amide bonds. The molecule has 2 heterocycles. The molecule has 1 aromatic carbocycles. The molecule has 1 aromatic heterocycles. The molecule has 1 saturated heterocycles. The van der Waals surface area contributed by atoms with Crippen molar-refractivity contribution < 1.29 is 13.5 Å². The minimum Gasteiger partial charge on any atom is -0.433 e. The summed E-state index contributed by atoms with van der Waals surface area (Å²) in [5, 5.41) is 6.76. The van der Waals surface area contributed by atoms with Gasteiger partial charge in [0.15, 0.2) is 5.96 Å². The number of benzene rings is 1. The lowest BCUT2D eigenvalue weighted by Crippen LogP contribution is -2.45. The van der Waals surface area contributed by atoms with Crippen LogP contribution in [-0.2, 0) is 6.42 Å². The molecule has 0 saturated carbocycles. The second-order valence-electron chi connectivity index (χ2n) is 6.97. The average molecular weight is 403 g/mol. The quantitative estimate of drug-likeness (QED) is 0.550. The molecule has 1 atom stereocenters. The van der Waals surface area contributed by atoms with Crippen LogP contribution in [0.3, 0.4) is 0 Å². The topological polar surface area (TPSA) is 61.8 Å². The summed E-state index contributed by atoms with van der Waals surface area (Å²) in [6.45, 7) is 1.42. The van der Waals surface area contributed by atoms with Crippen LogP contribution in [0, 0.1) is 6.92 Å². The molecule has 1 aliphatic rings. The van der Waals surface area contributed by atoms with Gasteiger partial charge in [-0.1, -0.05) is 12.1 Å². The number of rotatable bonds is 7. The summed E-state index contributed by atoms with van der Waals surface area (Å²) in [6.07, 6.45) is 5.43. The van der Waals surface area contributed by atoms with E-state index in [1.807, 2.05) is 24.4 Å². The number of nitrogens with one attached hydrogen (secondary N) is 2. The first kappa shape index (κ1) is 20.8. The Morgan fingerprint density at radius 1 is 1.34 bits per heavy atom. The van der Waals surface area contributed by atoms with Crippen molar-refractivity contribution in [2.24, 2.45) is 4.99 Å². The monoisotopic (exact) mass is 403 g/mol. The number of halogens is 2. The molecule has 29 heavy (non-hydrogen) atoms. The lowest BCUT2D eigenvalue weighted by Gasteiger charge is -2.22. The van der Waals surface area contributed by atoms with Crippen LogP contribution in [0.1, 0.15) is 17.5 Å². The number of hydrogen-bond donors (Lipinski definition) is 2. The molecule has 1 unspecified atom stereocenters. The van der Waals surface area contributed by atoms with E-state index >= 15 is 0 Å². The highest BCUT2D eigenvalue weighted by Crippen LogP contribution is 2.31. The number of anilines is 1. The van der Waals surface area contributed by atoms with Crippen molar-refractivity contribution in [2.75, 3.05) is 31.6 Å². The number of aliphatic imine (C=N–C) groups is 1. The molecular formula is C21H27F2N5O. The number of nitrogens with zero attached hydrogens (tertiary/aromatic N) is 3. The Kier molecular flexibility index (Phi) is 7.21. The van der Waals surface area contributed by atoms with Gasteiger partial charge in [0.05, 0.1) is 5.69 Å². The van der Waals surface area contributed by atoms with Crippen molar-refractivity contribution >= 4 is 11.6 Å². The normalized spacial score (nSPS) is 16.9. The maximum Gasteiger partial charge on any atom is 0.387 e. The van der Waals surface area contributed by atoms with E-state index in [2.05, 4.69) is 37.2 Å². The van der Waals surface area contributed by atoms with Gasteiger partial charge in [-0.2, -0.15) is 8.78 Å². The Labute approximate surface area is 170 Å². The maximum atomic E-state index is 12.7. The SMILES string of the molecule is CN=C(NCCc1ccncc1C)NC1CCN(c2ccccc2OC(F)F)C1. The van der Waals surface area contributed by atoms with E-state index in [4.69, 9.17) is 0 Å². The zero-order valence-electron chi connectivity index (χ0n) is 16.7. The molecule has 0 spiro atoms. The fraction of sp³-hybridized carbons (Fsp3) is 0.429. The summed E-state index contributed by atoms with van der Waals surface area (Å²) in [4.78, 5) is 10.5. The third-order valence-corrected chi connectivity index (χ3v) is 5.00. The minimum absolute atomic E-state index is 0.170. The summed E-state index contributed by atoms with van der Waals surface area (Å²) in [6, 6.07) is 9.11. The molecule has 8 heteroatoms. The van der Waals surface area contributed by atoms with Crippen LogP contribution in [0.4, 0.5) is 14.5 Å². The summed E-state index contributed by atoms with van der Waals surface area (Å²) < 4.78 is 30.0. The van der Waals surface area contributed by atoms with Crippen LogP contribution >= 0.6 is 0 Å². The van der Waals surface area contributed by atoms with Gasteiger partial charge in [0.25, 0.3) is 0 Å². The number of aromatic nitrogens is 1. The van der Waals surface area contributed by atoms with Gasteiger partial charge >= 0.3 is 6.61 Å². The highest BCUT2D eigenvalue weighted by molar-refractivity contribution is 5.80. The lowest BCUT2D eigenvalue weighted by atomic mass is 10.1. The summed E-state index contributed by atoms with van der Waals surface area (Å²) in [7, 11) is 1.74. The van der Waals surface area contributed by atoms with Gasteiger partial charge in [-0.25, -0.2) is 0 Å². The third-order valence-electron chi connectivity index (χ3n) is 5.00. The molecule has 6 nitrogen and oxygen atoms in total. The van der Waals surface area contributed by atoms with E-state index < -0.39 is 6.61 Å². The Morgan fingerprint density at radius 2 is 2.17 bits per heavy atom. The Bertz CT molecular complexity index is 830. The van der Waals surface area contributed by atoms with E-state index in [0.717, 1.165) is 31.9 Å². The van der Waals surface area contributed by atoms with Crippen LogP contribution in [0.2, 0.25) is 0 Å². The van der Waals surface area contributed by atoms with E-state index in [0.29, 0.717) is 12.2 Å². The summed E-state index contributed by atoms with van der Waals surface area (Å²) in [5.74, 6) is 0.944. The molecule has 2 N–H and O–H groups in total. The molecule has 0 radical (unpaired) electrons. The van der Waals surface area contributed by atoms with Gasteiger partial charge in [-0.05, 0) is 49.1 Å². The number of alkyl halides is 2. The Morgan fingerprint density at radius 3 is 2.93 bits per heavy atom. The molecule has 1 aliphatic heterocycles. The van der Waals surface area contributed by atoms with Gasteiger partial charge in [-0.15, -0.1) is 0 Å². The number of guanidine groups is 1. The van der Waals surface area contributed by atoms with Gasteiger partial charge < -0.3 is 20.3 Å². The third kappa shape index (κ3) is 5.79. The Hall–Kier alpha value is -2.90. The van der Waals surface area contributed by atoms with E-state index in [-0.39, 0.29) is 11.8 Å². The number of aryl methyl sites for hydroxylation is 1. The van der Waals surface area contributed by atoms with Crippen LogP contribution in [0.15, 0.2) is 47.7 Å². The van der Waals surface area contributed by atoms with Crippen molar-refractivity contribution in [3.63, 3.8) is 0 Å². The Balaban J connectivity index is 1.52. The first-order chi connectivity index (χ1) is 14.1. The zero-order valence-corrected chi connectivity index (χ0v) is 16.7. The first-order valence-corrected chi connectivity index (χ1v) is 9.72. The smallest absolute Gasteiger partial charge is 0.387 e. The standard InChI is InChI=1S/C21H27F2N5O/c1-15-13-25-10-7-16(15)8-11-26-21(24-2)27-17-9-12-28(14-17)18-5-3-4-6-19(18)29-20(22)23/h3-7,10,13,17,20H,8-9,11-12,14H2,1-2H3,(H2,24,26,27). The van der Waals surface area contributed by atoms with Crippen molar-refractivity contribution in [2.45, 2.75) is 32.4 Å². The van der Waals surface area contributed by atoms with Gasteiger partial charge in [0, 0.05) is 45.1 Å². The molecule has 0 bridgehead atoms. The highest BCUT2D eigenvalue weighted by atomic mass is 19.3. The average Bonchev–Trinajstić information content (AvgIpc) is 3.17. The number of para-hydroxylation sites is 2. The fourth-order valence-electron chi connectivity index (χ4n) is 3.50. The largest absolute Gasteiger partial charge is 0.433 e. The molecule has 0 aliphatic carbocycles. The van der Waals surface area contributed by atoms with E-state index in [1.54, 1.807) is 25.4 Å². The second-order valence-corrected chi connectivity index (χ2v) is 6.97. The minimum atomic E-state index is -2.83. The van der Waals surface area contributed by atoms with Crippen LogP contribution in [0.25, 0.3) is 0 Å². The van der Waals surface area contributed by atoms with Crippen molar-refractivity contribution in [3.8, 4) is 5.75 Å². The molecule has 156 valence electrons. The number of ether oxygens (including phenoxy) is 1. The van der Waals surface area contributed by atoms with Crippen molar-refractivity contribution in [3.05, 3.63) is 53.9 Å². The first-order valence-electron chi connectivity index (χ1n) is 9.72. The second kappa shape index (κ2) is 10.0. The van der Waals surface area contributed by atoms with Crippen LogP contribution in [-0.4, -0.2) is 50.3 Å². The molecular weight excluding hydrogens is 376 g/mol. The zero-order chi connectivity index (χ0) is 20.6. The highest BCUT2D eigenvalue weighted by Gasteiger charge is 2.26. The van der Waals surface area contributed by atoms with Crippen LogP contribution < -0.4 is 20.3 Å². The molecule has 1 fully saturated rings. The fourth-order valence-corrected chi connectivity index (χ4v) is 3.50. The van der Waals surface area contributed by atoms with Crippen molar-refractivity contribution in [1.82, 2.24) is 15.6 Å². The maximum absolute atomic E-state index is 12.7. The van der Waals surface area contributed by atoms with Crippen LogP contribution in [0.5, 0.6) is 5.75 Å². The predicted molar refractivity (Wildman–Crippen MR) is 111 cm³/mol. The molecule has 2 aromatic rings. The van der Waals surface area contributed by atoms with Gasteiger partial charge in [0.2, 0.25) is 0 Å².